The molecule has 2 rings (SSSR count). The van der Waals surface area contributed by atoms with Gasteiger partial charge in [-0.1, -0.05) is 13.0 Å². The van der Waals surface area contributed by atoms with E-state index in [2.05, 4.69) is 58.5 Å². The molecule has 5 heteroatoms. The first-order valence-electron chi connectivity index (χ1n) is 7.01. The third-order valence-corrected chi connectivity index (χ3v) is 3.92. The lowest BCUT2D eigenvalue weighted by atomic mass is 10.3. The van der Waals surface area contributed by atoms with Crippen LogP contribution >= 0.6 is 11.3 Å². The number of thiophene rings is 1. The first-order chi connectivity index (χ1) is 9.70. The Bertz CT molecular complexity index is 493. The molecule has 0 fully saturated rings. The van der Waals surface area contributed by atoms with E-state index in [-0.39, 0.29) is 0 Å². The molecule has 0 aliphatic rings. The van der Waals surface area contributed by atoms with Gasteiger partial charge in [0.15, 0.2) is 0 Å². The fourth-order valence-electron chi connectivity index (χ4n) is 1.91. The molecule has 2 aromatic heterocycles. The summed E-state index contributed by atoms with van der Waals surface area (Å²) in [4.78, 5) is 12.6. The number of nitrogens with zero attached hydrogens (tertiary/aromatic N) is 3. The third kappa shape index (κ3) is 4.02. The molecule has 0 radical (unpaired) electrons. The maximum absolute atomic E-state index is 4.51. The van der Waals surface area contributed by atoms with Crippen molar-refractivity contribution in [2.24, 2.45) is 0 Å². The molecule has 0 aliphatic carbocycles. The lowest BCUT2D eigenvalue weighted by Gasteiger charge is -2.26. The minimum absolute atomic E-state index is 0.372. The zero-order valence-electron chi connectivity index (χ0n) is 12.3. The molecule has 0 aromatic carbocycles. The van der Waals surface area contributed by atoms with Gasteiger partial charge in [0.25, 0.3) is 0 Å². The highest BCUT2D eigenvalue weighted by Crippen LogP contribution is 2.18. The van der Waals surface area contributed by atoms with E-state index in [1.54, 1.807) is 11.3 Å². The van der Waals surface area contributed by atoms with Crippen molar-refractivity contribution in [3.05, 3.63) is 40.3 Å². The molecular weight excluding hydrogens is 268 g/mol. The molecule has 0 unspecified atom stereocenters. The zero-order chi connectivity index (χ0) is 14.4. The second-order valence-corrected chi connectivity index (χ2v) is 6.00. The Kier molecular flexibility index (Phi) is 5.49. The fourth-order valence-corrected chi connectivity index (χ4v) is 2.61. The van der Waals surface area contributed by atoms with E-state index >= 15 is 0 Å². The van der Waals surface area contributed by atoms with Gasteiger partial charge in [0.05, 0.1) is 6.54 Å². The summed E-state index contributed by atoms with van der Waals surface area (Å²) in [6.45, 7) is 9.08. The van der Waals surface area contributed by atoms with Crippen molar-refractivity contribution in [2.45, 2.75) is 39.9 Å². The van der Waals surface area contributed by atoms with E-state index < -0.39 is 0 Å². The molecule has 20 heavy (non-hydrogen) atoms. The average Bonchev–Trinajstić information content (AvgIpc) is 2.96. The lowest BCUT2D eigenvalue weighted by Crippen LogP contribution is -2.31. The van der Waals surface area contributed by atoms with Gasteiger partial charge in [0, 0.05) is 35.4 Å². The maximum atomic E-state index is 4.51. The van der Waals surface area contributed by atoms with Crippen LogP contribution in [0.3, 0.4) is 0 Å². The van der Waals surface area contributed by atoms with Crippen LogP contribution in [-0.2, 0) is 13.1 Å². The van der Waals surface area contributed by atoms with Gasteiger partial charge in [0.2, 0.25) is 5.95 Å². The average molecular weight is 290 g/mol. The van der Waals surface area contributed by atoms with Gasteiger partial charge in [0.1, 0.15) is 0 Å². The monoisotopic (exact) mass is 290 g/mol. The largest absolute Gasteiger partial charge is 0.333 e. The molecule has 0 aliphatic heterocycles. The van der Waals surface area contributed by atoms with E-state index in [0.29, 0.717) is 6.04 Å². The van der Waals surface area contributed by atoms with E-state index in [9.17, 15) is 0 Å². The first-order valence-corrected chi connectivity index (χ1v) is 7.89. The summed E-state index contributed by atoms with van der Waals surface area (Å²) in [7, 11) is 0. The standard InChI is InChI=1S/C15H22N4S/c1-4-16-8-13-9-17-15(18-10-13)19(12(2)3)11-14-6-5-7-20-14/h5-7,9-10,12,16H,4,8,11H2,1-3H3. The first kappa shape index (κ1) is 14.9. The second-order valence-electron chi connectivity index (χ2n) is 4.97. The van der Waals surface area contributed by atoms with Crippen LogP contribution in [0.5, 0.6) is 0 Å². The van der Waals surface area contributed by atoms with Crippen LogP contribution in [-0.4, -0.2) is 22.6 Å². The molecule has 0 atom stereocenters. The molecule has 4 nitrogen and oxygen atoms in total. The molecule has 2 heterocycles. The topological polar surface area (TPSA) is 41.1 Å². The Balaban J connectivity index is 2.09. The van der Waals surface area contributed by atoms with Crippen molar-refractivity contribution in [1.82, 2.24) is 15.3 Å². The van der Waals surface area contributed by atoms with Gasteiger partial charge in [-0.05, 0) is 31.8 Å². The molecule has 2 aromatic rings. The molecule has 0 saturated heterocycles. The number of anilines is 1. The molecule has 0 spiro atoms. The summed E-state index contributed by atoms with van der Waals surface area (Å²) in [6.07, 6.45) is 3.82. The Labute approximate surface area is 124 Å². The van der Waals surface area contributed by atoms with Gasteiger partial charge in [-0.15, -0.1) is 11.3 Å². The summed E-state index contributed by atoms with van der Waals surface area (Å²) >= 11 is 1.77. The van der Waals surface area contributed by atoms with Crippen molar-refractivity contribution >= 4 is 17.3 Å². The van der Waals surface area contributed by atoms with E-state index in [1.165, 1.54) is 4.88 Å². The van der Waals surface area contributed by atoms with E-state index in [1.807, 2.05) is 12.4 Å². The van der Waals surface area contributed by atoms with Gasteiger partial charge in [-0.3, -0.25) is 0 Å². The summed E-state index contributed by atoms with van der Waals surface area (Å²) < 4.78 is 0. The van der Waals surface area contributed by atoms with Crippen molar-refractivity contribution in [1.29, 1.82) is 0 Å². The normalized spacial score (nSPS) is 11.0. The van der Waals surface area contributed by atoms with Gasteiger partial charge in [-0.25, -0.2) is 9.97 Å². The fraction of sp³-hybridized carbons (Fsp3) is 0.467. The summed E-state index contributed by atoms with van der Waals surface area (Å²) in [5.74, 6) is 0.800. The Morgan fingerprint density at radius 3 is 2.60 bits per heavy atom. The van der Waals surface area contributed by atoms with Gasteiger partial charge < -0.3 is 10.2 Å². The number of nitrogens with one attached hydrogen (secondary N) is 1. The molecule has 0 saturated carbocycles. The smallest absolute Gasteiger partial charge is 0.225 e. The van der Waals surface area contributed by atoms with Crippen molar-refractivity contribution in [3.8, 4) is 0 Å². The Morgan fingerprint density at radius 1 is 1.30 bits per heavy atom. The number of hydrogen-bond acceptors (Lipinski definition) is 5. The van der Waals surface area contributed by atoms with Crippen LogP contribution in [0.1, 0.15) is 31.2 Å². The SMILES string of the molecule is CCNCc1cnc(N(Cc2cccs2)C(C)C)nc1. The minimum atomic E-state index is 0.372. The predicted molar refractivity (Wildman–Crippen MR) is 85.1 cm³/mol. The number of rotatable bonds is 7. The van der Waals surface area contributed by atoms with Crippen LogP contribution < -0.4 is 10.2 Å². The van der Waals surface area contributed by atoms with Crippen LogP contribution in [0.4, 0.5) is 5.95 Å². The van der Waals surface area contributed by atoms with Crippen LogP contribution in [0, 0.1) is 0 Å². The Morgan fingerprint density at radius 2 is 2.05 bits per heavy atom. The van der Waals surface area contributed by atoms with Crippen molar-refractivity contribution in [2.75, 3.05) is 11.4 Å². The van der Waals surface area contributed by atoms with Gasteiger partial charge >= 0.3 is 0 Å². The summed E-state index contributed by atoms with van der Waals surface area (Å²) in [5, 5.41) is 5.39. The zero-order valence-corrected chi connectivity index (χ0v) is 13.2. The quantitative estimate of drug-likeness (QED) is 0.851. The van der Waals surface area contributed by atoms with Crippen LogP contribution in [0.2, 0.25) is 0 Å². The van der Waals surface area contributed by atoms with Crippen molar-refractivity contribution < 1.29 is 0 Å². The van der Waals surface area contributed by atoms with Crippen molar-refractivity contribution in [3.63, 3.8) is 0 Å². The summed E-state index contributed by atoms with van der Waals surface area (Å²) in [6, 6.07) is 4.61. The van der Waals surface area contributed by atoms with E-state index in [0.717, 1.165) is 31.1 Å². The lowest BCUT2D eigenvalue weighted by molar-refractivity contribution is 0.661. The van der Waals surface area contributed by atoms with E-state index in [4.69, 9.17) is 0 Å². The number of hydrogen-bond donors (Lipinski definition) is 1. The minimum Gasteiger partial charge on any atom is -0.333 e. The highest BCUT2D eigenvalue weighted by Gasteiger charge is 2.14. The molecule has 1 N–H and O–H groups in total. The highest BCUT2D eigenvalue weighted by molar-refractivity contribution is 7.09. The molecule has 0 amide bonds. The number of aromatic nitrogens is 2. The molecule has 108 valence electrons. The second kappa shape index (κ2) is 7.36. The van der Waals surface area contributed by atoms with Crippen LogP contribution in [0.15, 0.2) is 29.9 Å². The predicted octanol–water partition coefficient (Wildman–Crippen LogP) is 3.06. The van der Waals surface area contributed by atoms with Crippen LogP contribution in [0.25, 0.3) is 0 Å². The molecule has 0 bridgehead atoms. The highest BCUT2D eigenvalue weighted by atomic mass is 32.1. The third-order valence-electron chi connectivity index (χ3n) is 3.06. The maximum Gasteiger partial charge on any atom is 0.225 e. The molecular formula is C15H22N4S. The summed E-state index contributed by atoms with van der Waals surface area (Å²) in [5.41, 5.74) is 1.12. The van der Waals surface area contributed by atoms with Gasteiger partial charge in [-0.2, -0.15) is 0 Å². The Hall–Kier alpha value is -1.46.